The average molecular weight is 272 g/mol. The number of aromatic nitrogens is 2. The van der Waals surface area contributed by atoms with E-state index in [1.807, 2.05) is 6.92 Å². The molecule has 3 unspecified atom stereocenters. The van der Waals surface area contributed by atoms with Crippen LogP contribution in [0.15, 0.2) is 12.1 Å². The van der Waals surface area contributed by atoms with Crippen LogP contribution in [0.5, 0.6) is 0 Å². The molecule has 2 N–H and O–H groups in total. The Morgan fingerprint density at radius 1 is 1.35 bits per heavy atom. The lowest BCUT2D eigenvalue weighted by Gasteiger charge is -2.12. The number of aryl methyl sites for hydroxylation is 2. The van der Waals surface area contributed by atoms with E-state index in [-0.39, 0.29) is 11.8 Å². The Bertz CT molecular complexity index is 674. The van der Waals surface area contributed by atoms with E-state index in [1.54, 1.807) is 0 Å². The van der Waals surface area contributed by atoms with E-state index >= 15 is 0 Å². The molecule has 3 atom stereocenters. The highest BCUT2D eigenvalue weighted by Gasteiger charge is 2.39. The van der Waals surface area contributed by atoms with E-state index in [0.29, 0.717) is 5.92 Å². The standard InChI is InChI=1S/C16H20N2O2/c1-8-4-10(3)14-13(7-8)17-15(18-14)11-5-9(2)6-12(11)16(19)20/h4,7,9,11-12H,5-6H2,1-3H3,(H,17,18)(H,19,20). The Kier molecular flexibility index (Phi) is 3.04. The van der Waals surface area contributed by atoms with Crippen LogP contribution in [0.4, 0.5) is 0 Å². The van der Waals surface area contributed by atoms with E-state index < -0.39 is 5.97 Å². The molecule has 0 aliphatic heterocycles. The molecule has 4 nitrogen and oxygen atoms in total. The first kappa shape index (κ1) is 13.2. The number of aliphatic carboxylic acids is 1. The van der Waals surface area contributed by atoms with Crippen molar-refractivity contribution in [1.29, 1.82) is 0 Å². The van der Waals surface area contributed by atoms with Crippen molar-refractivity contribution >= 4 is 17.0 Å². The highest BCUT2D eigenvalue weighted by Crippen LogP contribution is 2.42. The Balaban J connectivity index is 2.06. The molecule has 0 amide bonds. The van der Waals surface area contributed by atoms with Crippen LogP contribution in [0.2, 0.25) is 0 Å². The largest absolute Gasteiger partial charge is 0.481 e. The quantitative estimate of drug-likeness (QED) is 0.880. The van der Waals surface area contributed by atoms with Crippen LogP contribution in [0.25, 0.3) is 11.0 Å². The van der Waals surface area contributed by atoms with Crippen molar-refractivity contribution < 1.29 is 9.90 Å². The molecule has 1 saturated carbocycles. The van der Waals surface area contributed by atoms with Crippen molar-refractivity contribution in [2.24, 2.45) is 11.8 Å². The van der Waals surface area contributed by atoms with Gasteiger partial charge in [-0.25, -0.2) is 4.98 Å². The van der Waals surface area contributed by atoms with Gasteiger partial charge >= 0.3 is 5.97 Å². The van der Waals surface area contributed by atoms with Gasteiger partial charge in [-0.2, -0.15) is 0 Å². The average Bonchev–Trinajstić information content (AvgIpc) is 2.92. The molecular formula is C16H20N2O2. The molecule has 1 aliphatic carbocycles. The van der Waals surface area contributed by atoms with Crippen molar-refractivity contribution in [2.75, 3.05) is 0 Å². The van der Waals surface area contributed by atoms with Crippen LogP contribution in [0.1, 0.15) is 42.6 Å². The van der Waals surface area contributed by atoms with Gasteiger partial charge in [0, 0.05) is 5.92 Å². The fourth-order valence-corrected chi connectivity index (χ4v) is 3.53. The fourth-order valence-electron chi connectivity index (χ4n) is 3.53. The maximum atomic E-state index is 11.4. The summed E-state index contributed by atoms with van der Waals surface area (Å²) >= 11 is 0. The molecule has 1 fully saturated rings. The zero-order valence-corrected chi connectivity index (χ0v) is 12.1. The number of carboxylic acids is 1. The fraction of sp³-hybridized carbons (Fsp3) is 0.500. The van der Waals surface area contributed by atoms with Crippen LogP contribution in [0.3, 0.4) is 0 Å². The zero-order valence-electron chi connectivity index (χ0n) is 12.1. The third kappa shape index (κ3) is 2.09. The first-order chi connectivity index (χ1) is 9.45. The summed E-state index contributed by atoms with van der Waals surface area (Å²) in [6.07, 6.45) is 1.64. The predicted molar refractivity (Wildman–Crippen MR) is 77.8 cm³/mol. The third-order valence-corrected chi connectivity index (χ3v) is 4.41. The molecule has 106 valence electrons. The van der Waals surface area contributed by atoms with Crippen LogP contribution in [-0.2, 0) is 4.79 Å². The van der Waals surface area contributed by atoms with Gasteiger partial charge in [-0.3, -0.25) is 4.79 Å². The number of carboxylic acid groups (broad SMARTS) is 1. The molecule has 0 radical (unpaired) electrons. The summed E-state index contributed by atoms with van der Waals surface area (Å²) in [6, 6.07) is 4.19. The molecular weight excluding hydrogens is 252 g/mol. The minimum absolute atomic E-state index is 0.00889. The van der Waals surface area contributed by atoms with E-state index in [2.05, 4.69) is 35.9 Å². The number of hydrogen-bond donors (Lipinski definition) is 2. The maximum absolute atomic E-state index is 11.4. The molecule has 20 heavy (non-hydrogen) atoms. The monoisotopic (exact) mass is 272 g/mol. The van der Waals surface area contributed by atoms with Gasteiger partial charge in [-0.05, 0) is 49.8 Å². The molecule has 1 aromatic carbocycles. The van der Waals surface area contributed by atoms with Gasteiger partial charge in [-0.15, -0.1) is 0 Å². The first-order valence-corrected chi connectivity index (χ1v) is 7.15. The topological polar surface area (TPSA) is 66.0 Å². The third-order valence-electron chi connectivity index (χ3n) is 4.41. The molecule has 0 saturated heterocycles. The van der Waals surface area contributed by atoms with Gasteiger partial charge in [0.2, 0.25) is 0 Å². The predicted octanol–water partition coefficient (Wildman–Crippen LogP) is 3.39. The van der Waals surface area contributed by atoms with E-state index in [4.69, 9.17) is 0 Å². The minimum atomic E-state index is -0.701. The second-order valence-corrected chi connectivity index (χ2v) is 6.23. The summed E-state index contributed by atoms with van der Waals surface area (Å²) in [4.78, 5) is 19.5. The van der Waals surface area contributed by atoms with Gasteiger partial charge in [0.05, 0.1) is 17.0 Å². The van der Waals surface area contributed by atoms with E-state index in [9.17, 15) is 9.90 Å². The summed E-state index contributed by atoms with van der Waals surface area (Å²) in [7, 11) is 0. The number of H-pyrrole nitrogens is 1. The minimum Gasteiger partial charge on any atom is -0.481 e. The summed E-state index contributed by atoms with van der Waals surface area (Å²) in [5, 5.41) is 9.39. The number of aromatic amines is 1. The molecule has 1 aromatic heterocycles. The zero-order chi connectivity index (χ0) is 14.4. The van der Waals surface area contributed by atoms with Crippen LogP contribution in [-0.4, -0.2) is 21.0 Å². The summed E-state index contributed by atoms with van der Waals surface area (Å²) in [5.74, 6) is 0.275. The molecule has 4 heteroatoms. The lowest BCUT2D eigenvalue weighted by atomic mass is 9.96. The first-order valence-electron chi connectivity index (χ1n) is 7.15. The van der Waals surface area contributed by atoms with Gasteiger partial charge in [0.25, 0.3) is 0 Å². The lowest BCUT2D eigenvalue weighted by molar-refractivity contribution is -0.142. The SMILES string of the molecule is Cc1cc(C)c2nc(C3CC(C)CC3C(=O)O)[nH]c2c1. The van der Waals surface area contributed by atoms with Crippen LogP contribution in [0, 0.1) is 25.7 Å². The molecule has 1 heterocycles. The van der Waals surface area contributed by atoms with Crippen LogP contribution < -0.4 is 0 Å². The molecule has 0 spiro atoms. The highest BCUT2D eigenvalue weighted by atomic mass is 16.4. The number of nitrogens with zero attached hydrogens (tertiary/aromatic N) is 1. The lowest BCUT2D eigenvalue weighted by Crippen LogP contribution is -2.17. The second kappa shape index (κ2) is 4.62. The second-order valence-electron chi connectivity index (χ2n) is 6.23. The Labute approximate surface area is 118 Å². The number of imidazole rings is 1. The van der Waals surface area contributed by atoms with Gasteiger partial charge in [0.1, 0.15) is 5.82 Å². The molecule has 3 rings (SSSR count). The Morgan fingerprint density at radius 3 is 2.80 bits per heavy atom. The smallest absolute Gasteiger partial charge is 0.307 e. The molecule has 0 bridgehead atoms. The molecule has 1 aliphatic rings. The van der Waals surface area contributed by atoms with Crippen molar-refractivity contribution in [3.8, 4) is 0 Å². The van der Waals surface area contributed by atoms with Gasteiger partial charge in [-0.1, -0.05) is 13.0 Å². The van der Waals surface area contributed by atoms with Gasteiger partial charge < -0.3 is 10.1 Å². The van der Waals surface area contributed by atoms with Crippen molar-refractivity contribution in [3.05, 3.63) is 29.1 Å². The molecule has 2 aromatic rings. The summed E-state index contributed by atoms with van der Waals surface area (Å²) < 4.78 is 0. The Hall–Kier alpha value is -1.84. The number of carbonyl (C=O) groups is 1. The maximum Gasteiger partial charge on any atom is 0.307 e. The number of rotatable bonds is 2. The highest BCUT2D eigenvalue weighted by molar-refractivity contribution is 5.80. The Morgan fingerprint density at radius 2 is 2.10 bits per heavy atom. The van der Waals surface area contributed by atoms with Crippen molar-refractivity contribution in [3.63, 3.8) is 0 Å². The van der Waals surface area contributed by atoms with Crippen LogP contribution >= 0.6 is 0 Å². The summed E-state index contributed by atoms with van der Waals surface area (Å²) in [6.45, 7) is 6.23. The number of fused-ring (bicyclic) bond motifs is 1. The number of nitrogens with one attached hydrogen (secondary N) is 1. The summed E-state index contributed by atoms with van der Waals surface area (Å²) in [5.41, 5.74) is 4.32. The van der Waals surface area contributed by atoms with E-state index in [1.165, 1.54) is 5.56 Å². The van der Waals surface area contributed by atoms with E-state index in [0.717, 1.165) is 35.3 Å². The van der Waals surface area contributed by atoms with Crippen molar-refractivity contribution in [2.45, 2.75) is 39.5 Å². The van der Waals surface area contributed by atoms with Crippen molar-refractivity contribution in [1.82, 2.24) is 9.97 Å². The number of benzene rings is 1. The van der Waals surface area contributed by atoms with Gasteiger partial charge in [0.15, 0.2) is 0 Å². The normalized spacial score (nSPS) is 26.2. The number of hydrogen-bond acceptors (Lipinski definition) is 2.